The maximum atomic E-state index is 11.6. The van der Waals surface area contributed by atoms with Gasteiger partial charge >= 0.3 is 7.48 Å². The summed E-state index contributed by atoms with van der Waals surface area (Å²) in [7, 11) is 3.76. The van der Waals surface area contributed by atoms with Gasteiger partial charge in [0.05, 0.1) is 16.8 Å². The number of hydrogen-bond acceptors (Lipinski definition) is 7. The summed E-state index contributed by atoms with van der Waals surface area (Å²) in [5, 5.41) is 19.4. The molecule has 0 bridgehead atoms. The highest BCUT2D eigenvalue weighted by Crippen LogP contribution is 2.26. The fourth-order valence-electron chi connectivity index (χ4n) is 2.35. The van der Waals surface area contributed by atoms with Crippen molar-refractivity contribution in [3.8, 4) is 17.7 Å². The molecule has 0 aliphatic carbocycles. The minimum absolute atomic E-state index is 0.172. The van der Waals surface area contributed by atoms with Gasteiger partial charge in [0.25, 0.3) is 0 Å². The molecule has 0 saturated heterocycles. The van der Waals surface area contributed by atoms with E-state index in [2.05, 4.69) is 11.1 Å². The molecule has 0 atom stereocenters. The highest BCUT2D eigenvalue weighted by molar-refractivity contribution is 6.49. The van der Waals surface area contributed by atoms with E-state index < -0.39 is 11.2 Å². The number of aliphatic hydroxyl groups is 1. The average Bonchev–Trinajstić information content (AvgIpc) is 2.65. The summed E-state index contributed by atoms with van der Waals surface area (Å²) in [6.07, 6.45) is 0.736. The smallest absolute Gasteiger partial charge is 0.310 e. The van der Waals surface area contributed by atoms with E-state index in [0.29, 0.717) is 34.0 Å². The van der Waals surface area contributed by atoms with Crippen LogP contribution in [0.3, 0.4) is 0 Å². The highest BCUT2D eigenvalue weighted by atomic mass is 16.5. The van der Waals surface area contributed by atoms with Crippen LogP contribution in [0.15, 0.2) is 30.3 Å². The molecule has 152 valence electrons. The molecule has 0 aliphatic heterocycles. The Hall–Kier alpha value is -2.89. The van der Waals surface area contributed by atoms with E-state index in [1.54, 1.807) is 77.0 Å². The molecule has 8 heteroatoms. The lowest BCUT2D eigenvalue weighted by atomic mass is 9.80. The molecule has 2 aromatic rings. The van der Waals surface area contributed by atoms with Gasteiger partial charge in [0, 0.05) is 25.7 Å². The number of pyridine rings is 1. The standard InChI is InChI=1S/C21H26BN3O4/c1-20(2,27)21(3,4)29-22-17-9-8-16(11-15(17)13-26)28-18-10-7-14(12-23)19(24-18)25(5)6/h7-11,13,22,27H,1-6H3. The minimum Gasteiger partial charge on any atom is -0.439 e. The van der Waals surface area contributed by atoms with Crippen LogP contribution in [0.1, 0.15) is 43.6 Å². The van der Waals surface area contributed by atoms with Crippen molar-refractivity contribution in [2.45, 2.75) is 38.9 Å². The molecule has 1 N–H and O–H groups in total. The Morgan fingerprint density at radius 2 is 1.90 bits per heavy atom. The number of rotatable bonds is 8. The van der Waals surface area contributed by atoms with Crippen molar-refractivity contribution in [1.29, 1.82) is 5.26 Å². The maximum absolute atomic E-state index is 11.6. The number of carbonyl (C=O) groups excluding carboxylic acids is 1. The predicted octanol–water partition coefficient (Wildman–Crippen LogP) is 2.17. The second-order valence-corrected chi connectivity index (χ2v) is 7.97. The third-order valence-corrected chi connectivity index (χ3v) is 4.92. The molecule has 0 aliphatic rings. The van der Waals surface area contributed by atoms with Crippen molar-refractivity contribution in [3.63, 3.8) is 0 Å². The number of nitriles is 1. The molecule has 0 unspecified atom stereocenters. The first-order valence-corrected chi connectivity index (χ1v) is 9.19. The van der Waals surface area contributed by atoms with Crippen molar-refractivity contribution >= 4 is 25.0 Å². The maximum Gasteiger partial charge on any atom is 0.310 e. The van der Waals surface area contributed by atoms with Gasteiger partial charge in [-0.1, -0.05) is 6.07 Å². The quantitative estimate of drug-likeness (QED) is 0.541. The summed E-state index contributed by atoms with van der Waals surface area (Å²) in [5.74, 6) is 1.26. The van der Waals surface area contributed by atoms with E-state index >= 15 is 0 Å². The van der Waals surface area contributed by atoms with Crippen LogP contribution in [-0.4, -0.2) is 49.2 Å². The number of ether oxygens (including phenoxy) is 1. The van der Waals surface area contributed by atoms with Crippen LogP contribution >= 0.6 is 0 Å². The largest absolute Gasteiger partial charge is 0.439 e. The number of nitrogens with zero attached hydrogens (tertiary/aromatic N) is 3. The molecule has 29 heavy (non-hydrogen) atoms. The first kappa shape index (κ1) is 22.4. The number of hydrogen-bond donors (Lipinski definition) is 1. The summed E-state index contributed by atoms with van der Waals surface area (Å²) in [5.41, 5.74) is -0.278. The van der Waals surface area contributed by atoms with Gasteiger partial charge in [-0.15, -0.1) is 0 Å². The number of carbonyl (C=O) groups is 1. The van der Waals surface area contributed by atoms with E-state index in [0.717, 1.165) is 6.29 Å². The predicted molar refractivity (Wildman–Crippen MR) is 113 cm³/mol. The van der Waals surface area contributed by atoms with Gasteiger partial charge in [0.2, 0.25) is 5.88 Å². The molecular formula is C21H26BN3O4. The summed E-state index contributed by atoms with van der Waals surface area (Å²) >= 11 is 0. The van der Waals surface area contributed by atoms with E-state index in [9.17, 15) is 15.2 Å². The van der Waals surface area contributed by atoms with E-state index in [-0.39, 0.29) is 7.48 Å². The van der Waals surface area contributed by atoms with Gasteiger partial charge in [0.15, 0.2) is 0 Å². The first-order chi connectivity index (χ1) is 13.5. The van der Waals surface area contributed by atoms with Crippen LogP contribution in [0.5, 0.6) is 11.6 Å². The van der Waals surface area contributed by atoms with Crippen LogP contribution in [0.4, 0.5) is 5.82 Å². The van der Waals surface area contributed by atoms with Crippen molar-refractivity contribution in [2.24, 2.45) is 0 Å². The Kier molecular flexibility index (Phi) is 6.67. The van der Waals surface area contributed by atoms with Crippen LogP contribution < -0.4 is 15.1 Å². The van der Waals surface area contributed by atoms with Crippen molar-refractivity contribution in [2.75, 3.05) is 19.0 Å². The molecule has 0 saturated carbocycles. The van der Waals surface area contributed by atoms with Gasteiger partial charge in [-0.25, -0.2) is 0 Å². The second-order valence-electron chi connectivity index (χ2n) is 7.97. The molecular weight excluding hydrogens is 369 g/mol. The fourth-order valence-corrected chi connectivity index (χ4v) is 2.35. The van der Waals surface area contributed by atoms with Gasteiger partial charge in [0.1, 0.15) is 23.9 Å². The number of aldehydes is 1. The lowest BCUT2D eigenvalue weighted by molar-refractivity contribution is -0.0893. The summed E-state index contributed by atoms with van der Waals surface area (Å²) < 4.78 is 11.6. The van der Waals surface area contributed by atoms with Crippen molar-refractivity contribution < 1.29 is 19.3 Å². The lowest BCUT2D eigenvalue weighted by Gasteiger charge is -2.37. The summed E-state index contributed by atoms with van der Waals surface area (Å²) in [4.78, 5) is 17.6. The van der Waals surface area contributed by atoms with Gasteiger partial charge in [-0.3, -0.25) is 4.79 Å². The Morgan fingerprint density at radius 3 is 2.45 bits per heavy atom. The van der Waals surface area contributed by atoms with E-state index in [1.165, 1.54) is 0 Å². The fraction of sp³-hybridized carbons (Fsp3) is 0.381. The number of aromatic nitrogens is 1. The van der Waals surface area contributed by atoms with Crippen LogP contribution in [0, 0.1) is 11.3 Å². The molecule has 7 nitrogen and oxygen atoms in total. The Labute approximate surface area is 172 Å². The normalized spacial score (nSPS) is 11.5. The number of anilines is 1. The third kappa shape index (κ3) is 5.34. The molecule has 2 rings (SSSR count). The van der Waals surface area contributed by atoms with Crippen LogP contribution in [-0.2, 0) is 4.65 Å². The molecule has 0 fully saturated rings. The summed E-state index contributed by atoms with van der Waals surface area (Å²) in [6.45, 7) is 6.95. The molecule has 1 aromatic heterocycles. The highest BCUT2D eigenvalue weighted by Gasteiger charge is 2.35. The first-order valence-electron chi connectivity index (χ1n) is 9.19. The number of benzene rings is 1. The Bertz CT molecular complexity index is 930. The van der Waals surface area contributed by atoms with E-state index in [4.69, 9.17) is 9.39 Å². The second kappa shape index (κ2) is 8.64. The molecule has 0 radical (unpaired) electrons. The van der Waals surface area contributed by atoms with Crippen molar-refractivity contribution in [1.82, 2.24) is 4.98 Å². The Morgan fingerprint density at radius 1 is 1.21 bits per heavy atom. The zero-order valence-electron chi connectivity index (χ0n) is 17.7. The van der Waals surface area contributed by atoms with Gasteiger partial charge in [-0.05, 0) is 51.4 Å². The zero-order valence-corrected chi connectivity index (χ0v) is 17.7. The zero-order chi connectivity index (χ0) is 21.8. The third-order valence-electron chi connectivity index (χ3n) is 4.92. The van der Waals surface area contributed by atoms with Crippen molar-refractivity contribution in [3.05, 3.63) is 41.5 Å². The molecule has 1 aromatic carbocycles. The van der Waals surface area contributed by atoms with E-state index in [1.807, 2.05) is 0 Å². The van der Waals surface area contributed by atoms with Crippen LogP contribution in [0.2, 0.25) is 0 Å². The van der Waals surface area contributed by atoms with Gasteiger partial charge < -0.3 is 19.4 Å². The summed E-state index contributed by atoms with van der Waals surface area (Å²) in [6, 6.07) is 10.4. The molecule has 0 amide bonds. The SMILES string of the molecule is CN(C)c1nc(Oc2ccc(BOC(C)(C)C(C)(C)O)c(C=O)c2)ccc1C#N. The molecule has 1 heterocycles. The monoisotopic (exact) mass is 395 g/mol. The Balaban J connectivity index is 2.22. The molecule has 0 spiro atoms. The van der Waals surface area contributed by atoms with Crippen LogP contribution in [0.25, 0.3) is 0 Å². The van der Waals surface area contributed by atoms with Gasteiger partial charge in [-0.2, -0.15) is 10.2 Å². The average molecular weight is 395 g/mol. The topological polar surface area (TPSA) is 95.7 Å². The minimum atomic E-state index is -1.04. The lowest BCUT2D eigenvalue weighted by Crippen LogP contribution is -2.49.